The highest BCUT2D eigenvalue weighted by atomic mass is 127. The minimum Gasteiger partial charge on any atom is -0.491 e. The molecule has 3 nitrogen and oxygen atoms in total. The Morgan fingerprint density at radius 3 is 2.20 bits per heavy atom. The van der Waals surface area contributed by atoms with Crippen molar-refractivity contribution >= 4 is 34.2 Å². The fourth-order valence-electron chi connectivity index (χ4n) is 1.69. The van der Waals surface area contributed by atoms with Crippen molar-refractivity contribution in [3.05, 3.63) is 57.7 Å². The van der Waals surface area contributed by atoms with Crippen LogP contribution in [0.25, 0.3) is 0 Å². The molecule has 0 saturated heterocycles. The van der Waals surface area contributed by atoms with E-state index in [4.69, 9.17) is 4.74 Å². The Morgan fingerprint density at radius 2 is 1.65 bits per heavy atom. The van der Waals surface area contributed by atoms with E-state index in [1.807, 2.05) is 50.2 Å². The van der Waals surface area contributed by atoms with E-state index in [2.05, 4.69) is 27.9 Å². The second-order valence-corrected chi connectivity index (χ2v) is 5.90. The van der Waals surface area contributed by atoms with Gasteiger partial charge in [0.15, 0.2) is 0 Å². The van der Waals surface area contributed by atoms with Crippen LogP contribution < -0.4 is 10.1 Å². The van der Waals surface area contributed by atoms with E-state index < -0.39 is 0 Å². The monoisotopic (exact) mass is 381 g/mol. The zero-order valence-corrected chi connectivity index (χ0v) is 13.5. The number of amides is 1. The molecule has 2 aromatic carbocycles. The molecule has 0 saturated carbocycles. The molecule has 0 aromatic heterocycles. The van der Waals surface area contributed by atoms with Gasteiger partial charge in [0, 0.05) is 14.8 Å². The van der Waals surface area contributed by atoms with E-state index in [-0.39, 0.29) is 12.0 Å². The molecule has 2 rings (SSSR count). The predicted octanol–water partition coefficient (Wildman–Crippen LogP) is 4.33. The van der Waals surface area contributed by atoms with Crippen molar-refractivity contribution in [3.8, 4) is 5.75 Å². The second kappa shape index (κ2) is 6.74. The summed E-state index contributed by atoms with van der Waals surface area (Å²) in [5.41, 5.74) is 1.40. The normalized spacial score (nSPS) is 10.4. The number of carbonyl (C=O) groups excluding carboxylic acids is 1. The first kappa shape index (κ1) is 14.8. The molecule has 104 valence electrons. The molecule has 0 aliphatic heterocycles. The first-order chi connectivity index (χ1) is 9.54. The van der Waals surface area contributed by atoms with E-state index in [0.717, 1.165) is 15.0 Å². The number of carbonyl (C=O) groups is 1. The first-order valence-electron chi connectivity index (χ1n) is 6.38. The van der Waals surface area contributed by atoms with Gasteiger partial charge in [-0.1, -0.05) is 0 Å². The van der Waals surface area contributed by atoms with Crippen LogP contribution in [0.5, 0.6) is 5.75 Å². The number of benzene rings is 2. The number of rotatable bonds is 4. The Hall–Kier alpha value is -1.56. The van der Waals surface area contributed by atoms with Gasteiger partial charge in [0.25, 0.3) is 5.91 Å². The molecule has 0 bridgehead atoms. The number of hydrogen-bond acceptors (Lipinski definition) is 2. The largest absolute Gasteiger partial charge is 0.491 e. The molecule has 0 unspecified atom stereocenters. The summed E-state index contributed by atoms with van der Waals surface area (Å²) in [4.78, 5) is 12.1. The summed E-state index contributed by atoms with van der Waals surface area (Å²) in [5.74, 6) is 0.646. The molecule has 0 heterocycles. The summed E-state index contributed by atoms with van der Waals surface area (Å²) in [7, 11) is 0. The summed E-state index contributed by atoms with van der Waals surface area (Å²) in [5, 5.41) is 2.86. The third kappa shape index (κ3) is 4.23. The number of nitrogens with one attached hydrogen (secondary N) is 1. The van der Waals surface area contributed by atoms with Crippen LogP contribution in [0.3, 0.4) is 0 Å². The Bertz CT molecular complexity index is 576. The van der Waals surface area contributed by atoms with Crippen molar-refractivity contribution < 1.29 is 9.53 Å². The van der Waals surface area contributed by atoms with Crippen LogP contribution in [0.2, 0.25) is 0 Å². The van der Waals surface area contributed by atoms with E-state index in [0.29, 0.717) is 5.56 Å². The van der Waals surface area contributed by atoms with Gasteiger partial charge >= 0.3 is 0 Å². The van der Waals surface area contributed by atoms with E-state index in [1.165, 1.54) is 0 Å². The lowest BCUT2D eigenvalue weighted by atomic mass is 10.2. The fraction of sp³-hybridized carbons (Fsp3) is 0.188. The quantitative estimate of drug-likeness (QED) is 0.801. The number of anilines is 1. The van der Waals surface area contributed by atoms with Crippen LogP contribution >= 0.6 is 22.6 Å². The highest BCUT2D eigenvalue weighted by Gasteiger charge is 2.06. The molecule has 1 amide bonds. The van der Waals surface area contributed by atoms with Gasteiger partial charge in [-0.15, -0.1) is 0 Å². The van der Waals surface area contributed by atoms with Crippen molar-refractivity contribution in [1.82, 2.24) is 0 Å². The molecular weight excluding hydrogens is 365 g/mol. The van der Waals surface area contributed by atoms with Crippen molar-refractivity contribution in [1.29, 1.82) is 0 Å². The van der Waals surface area contributed by atoms with Crippen LogP contribution in [-0.2, 0) is 0 Å². The molecule has 2 aromatic rings. The molecule has 0 atom stereocenters. The highest BCUT2D eigenvalue weighted by molar-refractivity contribution is 14.1. The van der Waals surface area contributed by atoms with Gasteiger partial charge in [0.1, 0.15) is 5.75 Å². The van der Waals surface area contributed by atoms with Crippen molar-refractivity contribution in [3.63, 3.8) is 0 Å². The highest BCUT2D eigenvalue weighted by Crippen LogP contribution is 2.16. The summed E-state index contributed by atoms with van der Waals surface area (Å²) in [6.07, 6.45) is 0.126. The third-order valence-electron chi connectivity index (χ3n) is 2.59. The van der Waals surface area contributed by atoms with Crippen molar-refractivity contribution in [2.24, 2.45) is 0 Å². The third-order valence-corrected chi connectivity index (χ3v) is 3.31. The van der Waals surface area contributed by atoms with Crippen LogP contribution in [0.15, 0.2) is 48.5 Å². The summed E-state index contributed by atoms with van der Waals surface area (Å²) in [6, 6.07) is 14.8. The molecule has 4 heteroatoms. The van der Waals surface area contributed by atoms with Gasteiger partial charge in [0.05, 0.1) is 6.10 Å². The van der Waals surface area contributed by atoms with Gasteiger partial charge in [-0.25, -0.2) is 0 Å². The van der Waals surface area contributed by atoms with Crippen LogP contribution in [0.1, 0.15) is 24.2 Å². The van der Waals surface area contributed by atoms with Crippen molar-refractivity contribution in [2.45, 2.75) is 20.0 Å². The lowest BCUT2D eigenvalue weighted by Crippen LogP contribution is -2.12. The lowest BCUT2D eigenvalue weighted by molar-refractivity contribution is 0.102. The molecule has 1 N–H and O–H groups in total. The second-order valence-electron chi connectivity index (χ2n) is 4.65. The summed E-state index contributed by atoms with van der Waals surface area (Å²) >= 11 is 2.23. The lowest BCUT2D eigenvalue weighted by Gasteiger charge is -2.10. The minimum absolute atomic E-state index is 0.123. The van der Waals surface area contributed by atoms with E-state index in [1.54, 1.807) is 12.1 Å². The van der Waals surface area contributed by atoms with Crippen LogP contribution in [-0.4, -0.2) is 12.0 Å². The van der Waals surface area contributed by atoms with Gasteiger partial charge < -0.3 is 10.1 Å². The molecule has 0 aliphatic rings. The van der Waals surface area contributed by atoms with Gasteiger partial charge in [-0.2, -0.15) is 0 Å². The zero-order valence-electron chi connectivity index (χ0n) is 11.4. The van der Waals surface area contributed by atoms with Crippen LogP contribution in [0.4, 0.5) is 5.69 Å². The van der Waals surface area contributed by atoms with Crippen molar-refractivity contribution in [2.75, 3.05) is 5.32 Å². The van der Waals surface area contributed by atoms with E-state index >= 15 is 0 Å². The van der Waals surface area contributed by atoms with Gasteiger partial charge in [-0.3, -0.25) is 4.79 Å². The first-order valence-corrected chi connectivity index (χ1v) is 7.46. The topological polar surface area (TPSA) is 38.3 Å². The number of hydrogen-bond donors (Lipinski definition) is 1. The Kier molecular flexibility index (Phi) is 5.00. The molecule has 0 spiro atoms. The zero-order chi connectivity index (χ0) is 14.5. The van der Waals surface area contributed by atoms with Crippen LogP contribution in [0, 0.1) is 3.57 Å². The maximum Gasteiger partial charge on any atom is 0.255 e. The maximum absolute atomic E-state index is 12.1. The standard InChI is InChI=1S/C16H16INO2/c1-11(2)20-15-9-3-12(4-10-15)16(19)18-14-7-5-13(17)6-8-14/h3-11H,1-2H3,(H,18,19). The predicted molar refractivity (Wildman–Crippen MR) is 89.3 cm³/mol. The van der Waals surface area contributed by atoms with Gasteiger partial charge in [-0.05, 0) is 85.0 Å². The maximum atomic E-state index is 12.1. The van der Waals surface area contributed by atoms with Gasteiger partial charge in [0.2, 0.25) is 0 Å². The molecule has 0 radical (unpaired) electrons. The average molecular weight is 381 g/mol. The minimum atomic E-state index is -0.123. The SMILES string of the molecule is CC(C)Oc1ccc(C(=O)Nc2ccc(I)cc2)cc1. The molecule has 20 heavy (non-hydrogen) atoms. The Labute approximate surface area is 132 Å². The van der Waals surface area contributed by atoms with E-state index in [9.17, 15) is 4.79 Å². The fourth-order valence-corrected chi connectivity index (χ4v) is 2.05. The smallest absolute Gasteiger partial charge is 0.255 e. The molecule has 0 fully saturated rings. The Morgan fingerprint density at radius 1 is 1.05 bits per heavy atom. The average Bonchev–Trinajstić information content (AvgIpc) is 2.41. The molecule has 0 aliphatic carbocycles. The number of halogens is 1. The summed E-state index contributed by atoms with van der Waals surface area (Å²) in [6.45, 7) is 3.94. The molecular formula is C16H16INO2. The Balaban J connectivity index is 2.03. The number of ether oxygens (including phenoxy) is 1. The summed E-state index contributed by atoms with van der Waals surface area (Å²) < 4.78 is 6.68.